The Morgan fingerprint density at radius 1 is 1.21 bits per heavy atom. The zero-order chi connectivity index (χ0) is 9.80. The molecule has 1 aromatic heterocycles. The van der Waals surface area contributed by atoms with Crippen molar-refractivity contribution < 1.29 is 4.74 Å². The molecule has 2 aromatic rings. The van der Waals surface area contributed by atoms with E-state index in [2.05, 4.69) is 9.97 Å². The maximum absolute atomic E-state index is 11.2. The molecular formula is C10H8N2O2. The second-order valence-corrected chi connectivity index (χ2v) is 2.66. The van der Waals surface area contributed by atoms with Gasteiger partial charge in [0.25, 0.3) is 5.56 Å². The molecule has 0 aliphatic carbocycles. The third-order valence-electron chi connectivity index (χ3n) is 1.66. The van der Waals surface area contributed by atoms with Crippen LogP contribution in [0.3, 0.4) is 0 Å². The van der Waals surface area contributed by atoms with Crippen molar-refractivity contribution in [3.8, 4) is 11.5 Å². The standard InChI is InChI=1S/C10H8N2O2/c13-10-9(6-11-7-12-10)14-8-4-2-1-3-5-8/h1-7H,(H,11,12,13). The molecule has 1 N–H and O–H groups in total. The minimum atomic E-state index is -0.288. The first-order valence-electron chi connectivity index (χ1n) is 4.12. The molecule has 1 aromatic carbocycles. The molecule has 14 heavy (non-hydrogen) atoms. The zero-order valence-corrected chi connectivity index (χ0v) is 7.31. The molecule has 0 aliphatic rings. The van der Waals surface area contributed by atoms with Gasteiger partial charge in [-0.25, -0.2) is 4.98 Å². The van der Waals surface area contributed by atoms with E-state index in [1.54, 1.807) is 12.1 Å². The minimum absolute atomic E-state index is 0.193. The predicted molar refractivity (Wildman–Crippen MR) is 51.4 cm³/mol. The van der Waals surface area contributed by atoms with Crippen molar-refractivity contribution in [1.29, 1.82) is 0 Å². The van der Waals surface area contributed by atoms with E-state index in [-0.39, 0.29) is 11.3 Å². The summed E-state index contributed by atoms with van der Waals surface area (Å²) in [6.45, 7) is 0. The number of nitrogens with one attached hydrogen (secondary N) is 1. The Kier molecular flexibility index (Phi) is 2.27. The largest absolute Gasteiger partial charge is 0.450 e. The Bertz CT molecular complexity index is 465. The van der Waals surface area contributed by atoms with Crippen LogP contribution in [0.15, 0.2) is 47.7 Å². The lowest BCUT2D eigenvalue weighted by molar-refractivity contribution is 0.472. The second kappa shape index (κ2) is 3.74. The van der Waals surface area contributed by atoms with Gasteiger partial charge in [0.15, 0.2) is 0 Å². The van der Waals surface area contributed by atoms with Gasteiger partial charge in [-0.15, -0.1) is 0 Å². The Balaban J connectivity index is 2.28. The summed E-state index contributed by atoms with van der Waals surface area (Å²) in [4.78, 5) is 17.4. The molecule has 0 radical (unpaired) electrons. The van der Waals surface area contributed by atoms with E-state index >= 15 is 0 Å². The molecule has 1 heterocycles. The van der Waals surface area contributed by atoms with Crippen molar-refractivity contribution in [2.75, 3.05) is 0 Å². The van der Waals surface area contributed by atoms with Gasteiger partial charge in [-0.2, -0.15) is 0 Å². The predicted octanol–water partition coefficient (Wildman–Crippen LogP) is 1.56. The Hall–Kier alpha value is -2.10. The van der Waals surface area contributed by atoms with Crippen LogP contribution in [0.1, 0.15) is 0 Å². The summed E-state index contributed by atoms with van der Waals surface area (Å²) in [5.41, 5.74) is -0.288. The topological polar surface area (TPSA) is 55.0 Å². The molecule has 0 amide bonds. The Morgan fingerprint density at radius 2 is 2.00 bits per heavy atom. The van der Waals surface area contributed by atoms with E-state index in [1.807, 2.05) is 18.2 Å². The summed E-state index contributed by atoms with van der Waals surface area (Å²) >= 11 is 0. The first-order chi connectivity index (χ1) is 6.86. The van der Waals surface area contributed by atoms with Crippen molar-refractivity contribution in [3.63, 3.8) is 0 Å². The summed E-state index contributed by atoms with van der Waals surface area (Å²) in [7, 11) is 0. The molecule has 0 atom stereocenters. The maximum atomic E-state index is 11.2. The molecule has 0 saturated carbocycles. The summed E-state index contributed by atoms with van der Waals surface area (Å²) in [5, 5.41) is 0. The minimum Gasteiger partial charge on any atom is -0.450 e. The highest BCUT2D eigenvalue weighted by atomic mass is 16.5. The first kappa shape index (κ1) is 8.50. The SMILES string of the molecule is O=c1[nH]cncc1Oc1ccccc1. The van der Waals surface area contributed by atoms with Crippen LogP contribution in [-0.4, -0.2) is 9.97 Å². The quantitative estimate of drug-likeness (QED) is 0.778. The molecule has 0 fully saturated rings. The van der Waals surface area contributed by atoms with E-state index in [0.29, 0.717) is 5.75 Å². The number of nitrogens with zero attached hydrogens (tertiary/aromatic N) is 1. The van der Waals surface area contributed by atoms with E-state index in [0.717, 1.165) is 0 Å². The number of benzene rings is 1. The van der Waals surface area contributed by atoms with Crippen molar-refractivity contribution >= 4 is 0 Å². The van der Waals surface area contributed by atoms with Crippen molar-refractivity contribution in [2.45, 2.75) is 0 Å². The van der Waals surface area contributed by atoms with E-state index in [9.17, 15) is 4.79 Å². The number of aromatic nitrogens is 2. The number of hydrogen-bond acceptors (Lipinski definition) is 3. The lowest BCUT2D eigenvalue weighted by atomic mass is 10.3. The van der Waals surface area contributed by atoms with Crippen LogP contribution in [0.25, 0.3) is 0 Å². The van der Waals surface area contributed by atoms with Crippen LogP contribution in [0.2, 0.25) is 0 Å². The molecule has 70 valence electrons. The molecule has 0 spiro atoms. The fourth-order valence-electron chi connectivity index (χ4n) is 1.02. The van der Waals surface area contributed by atoms with Gasteiger partial charge in [-0.05, 0) is 12.1 Å². The fraction of sp³-hybridized carbons (Fsp3) is 0. The van der Waals surface area contributed by atoms with Gasteiger partial charge in [0.05, 0.1) is 12.5 Å². The highest BCUT2D eigenvalue weighted by Crippen LogP contribution is 2.15. The van der Waals surface area contributed by atoms with Gasteiger partial charge in [-0.3, -0.25) is 4.79 Å². The van der Waals surface area contributed by atoms with Gasteiger partial charge in [0.1, 0.15) is 5.75 Å². The van der Waals surface area contributed by atoms with Gasteiger partial charge >= 0.3 is 0 Å². The Morgan fingerprint density at radius 3 is 2.71 bits per heavy atom. The monoisotopic (exact) mass is 188 g/mol. The third-order valence-corrected chi connectivity index (χ3v) is 1.66. The second-order valence-electron chi connectivity index (χ2n) is 2.66. The van der Waals surface area contributed by atoms with E-state index < -0.39 is 0 Å². The van der Waals surface area contributed by atoms with Gasteiger partial charge in [-0.1, -0.05) is 18.2 Å². The third kappa shape index (κ3) is 1.80. The van der Waals surface area contributed by atoms with Gasteiger partial charge < -0.3 is 9.72 Å². The average molecular weight is 188 g/mol. The highest BCUT2D eigenvalue weighted by Gasteiger charge is 2.00. The average Bonchev–Trinajstić information content (AvgIpc) is 2.23. The summed E-state index contributed by atoms with van der Waals surface area (Å²) in [6.07, 6.45) is 2.70. The molecule has 0 unspecified atom stereocenters. The lowest BCUT2D eigenvalue weighted by Gasteiger charge is -2.02. The van der Waals surface area contributed by atoms with Crippen LogP contribution >= 0.6 is 0 Å². The molecule has 4 heteroatoms. The Labute approximate surface area is 80.2 Å². The number of aromatic amines is 1. The van der Waals surface area contributed by atoms with Gasteiger partial charge in [0.2, 0.25) is 5.75 Å². The highest BCUT2D eigenvalue weighted by molar-refractivity contribution is 5.27. The molecule has 4 nitrogen and oxygen atoms in total. The lowest BCUT2D eigenvalue weighted by Crippen LogP contribution is -2.07. The van der Waals surface area contributed by atoms with Crippen LogP contribution in [0, 0.1) is 0 Å². The summed E-state index contributed by atoms with van der Waals surface area (Å²) in [5.74, 6) is 0.810. The number of ether oxygens (including phenoxy) is 1. The molecule has 0 saturated heterocycles. The van der Waals surface area contributed by atoms with Crippen LogP contribution in [-0.2, 0) is 0 Å². The van der Waals surface area contributed by atoms with Crippen LogP contribution in [0.5, 0.6) is 11.5 Å². The normalized spacial score (nSPS) is 9.71. The summed E-state index contributed by atoms with van der Waals surface area (Å²) < 4.78 is 5.30. The smallest absolute Gasteiger partial charge is 0.293 e. The van der Waals surface area contributed by atoms with Crippen molar-refractivity contribution in [3.05, 3.63) is 53.2 Å². The van der Waals surface area contributed by atoms with Gasteiger partial charge in [0, 0.05) is 0 Å². The number of para-hydroxylation sites is 1. The molecule has 2 rings (SSSR count). The van der Waals surface area contributed by atoms with Crippen molar-refractivity contribution in [2.24, 2.45) is 0 Å². The molecular weight excluding hydrogens is 180 g/mol. The fourth-order valence-corrected chi connectivity index (χ4v) is 1.02. The number of H-pyrrole nitrogens is 1. The summed E-state index contributed by atoms with van der Waals surface area (Å²) in [6, 6.07) is 9.08. The van der Waals surface area contributed by atoms with Crippen LogP contribution < -0.4 is 10.3 Å². The zero-order valence-electron chi connectivity index (χ0n) is 7.31. The van der Waals surface area contributed by atoms with E-state index in [1.165, 1.54) is 12.5 Å². The first-order valence-corrected chi connectivity index (χ1v) is 4.12. The maximum Gasteiger partial charge on any atom is 0.293 e. The number of hydrogen-bond donors (Lipinski definition) is 1. The van der Waals surface area contributed by atoms with E-state index in [4.69, 9.17) is 4.74 Å². The number of rotatable bonds is 2. The van der Waals surface area contributed by atoms with Crippen LogP contribution in [0.4, 0.5) is 0 Å². The van der Waals surface area contributed by atoms with Crippen molar-refractivity contribution in [1.82, 2.24) is 9.97 Å². The molecule has 0 bridgehead atoms. The molecule has 0 aliphatic heterocycles.